The molecule has 19 heavy (non-hydrogen) atoms. The number of carbonyl (C=O) groups is 1. The summed E-state index contributed by atoms with van der Waals surface area (Å²) in [5.41, 5.74) is 1.87. The summed E-state index contributed by atoms with van der Waals surface area (Å²) in [6, 6.07) is 7.53. The first-order valence-corrected chi connectivity index (χ1v) is 6.68. The molecule has 5 nitrogen and oxygen atoms in total. The van der Waals surface area contributed by atoms with E-state index < -0.39 is 0 Å². The lowest BCUT2D eigenvalue weighted by Crippen LogP contribution is -2.24. The van der Waals surface area contributed by atoms with Gasteiger partial charge in [-0.25, -0.2) is 4.79 Å². The average molecular weight is 263 g/mol. The lowest BCUT2D eigenvalue weighted by molar-refractivity contribution is 0.0699. The van der Waals surface area contributed by atoms with Gasteiger partial charge in [-0.1, -0.05) is 0 Å². The maximum absolute atomic E-state index is 11.1. The summed E-state index contributed by atoms with van der Waals surface area (Å²) >= 11 is 0. The standard InChI is InChI=1S/C14H21N3O2/c1-15-14(18)17-13-4-2-12(3-5-13)16-10-11-6-8-19-9-7-11/h2-5,11,16H,6-10H2,1H3,(H2,15,17,18). The number of urea groups is 1. The van der Waals surface area contributed by atoms with Crippen LogP contribution in [0, 0.1) is 5.92 Å². The smallest absolute Gasteiger partial charge is 0.318 e. The third-order valence-corrected chi connectivity index (χ3v) is 3.31. The lowest BCUT2D eigenvalue weighted by Gasteiger charge is -2.22. The van der Waals surface area contributed by atoms with Crippen molar-refractivity contribution in [2.24, 2.45) is 5.92 Å². The molecular formula is C14H21N3O2. The van der Waals surface area contributed by atoms with Gasteiger partial charge in [0, 0.05) is 38.2 Å². The van der Waals surface area contributed by atoms with Gasteiger partial charge in [-0.05, 0) is 43.0 Å². The summed E-state index contributed by atoms with van der Waals surface area (Å²) in [5.74, 6) is 0.692. The molecule has 0 saturated carbocycles. The number of nitrogens with one attached hydrogen (secondary N) is 3. The van der Waals surface area contributed by atoms with E-state index in [1.54, 1.807) is 7.05 Å². The summed E-state index contributed by atoms with van der Waals surface area (Å²) in [6.45, 7) is 2.73. The minimum atomic E-state index is -0.206. The summed E-state index contributed by atoms with van der Waals surface area (Å²) in [5, 5.41) is 8.67. The van der Waals surface area contributed by atoms with Crippen LogP contribution in [0.1, 0.15) is 12.8 Å². The van der Waals surface area contributed by atoms with Gasteiger partial charge in [-0.15, -0.1) is 0 Å². The van der Waals surface area contributed by atoms with Crippen LogP contribution in [0.5, 0.6) is 0 Å². The van der Waals surface area contributed by atoms with E-state index >= 15 is 0 Å². The van der Waals surface area contributed by atoms with Crippen molar-refractivity contribution < 1.29 is 9.53 Å². The molecule has 0 atom stereocenters. The second kappa shape index (κ2) is 6.99. The first kappa shape index (κ1) is 13.7. The van der Waals surface area contributed by atoms with Gasteiger partial charge >= 0.3 is 6.03 Å². The highest BCUT2D eigenvalue weighted by atomic mass is 16.5. The van der Waals surface area contributed by atoms with E-state index in [1.165, 1.54) is 0 Å². The fraction of sp³-hybridized carbons (Fsp3) is 0.500. The maximum Gasteiger partial charge on any atom is 0.318 e. The second-order valence-corrected chi connectivity index (χ2v) is 4.72. The third-order valence-electron chi connectivity index (χ3n) is 3.31. The molecule has 0 bridgehead atoms. The largest absolute Gasteiger partial charge is 0.385 e. The van der Waals surface area contributed by atoms with Crippen LogP contribution in [-0.2, 0) is 4.74 Å². The molecule has 5 heteroatoms. The molecule has 0 unspecified atom stereocenters. The molecule has 1 fully saturated rings. The molecule has 1 saturated heterocycles. The molecule has 0 aromatic heterocycles. The molecule has 1 aliphatic heterocycles. The van der Waals surface area contributed by atoms with Crippen LogP contribution in [0.15, 0.2) is 24.3 Å². The molecule has 2 amide bonds. The Morgan fingerprint density at radius 1 is 1.21 bits per heavy atom. The minimum Gasteiger partial charge on any atom is -0.385 e. The number of hydrogen-bond donors (Lipinski definition) is 3. The molecule has 3 N–H and O–H groups in total. The zero-order valence-electron chi connectivity index (χ0n) is 11.2. The first-order chi connectivity index (χ1) is 9.28. The molecule has 1 aromatic rings. The molecule has 2 rings (SSSR count). The Kier molecular flexibility index (Phi) is 5.03. The fourth-order valence-electron chi connectivity index (χ4n) is 2.08. The van der Waals surface area contributed by atoms with Crippen molar-refractivity contribution in [3.05, 3.63) is 24.3 Å². The van der Waals surface area contributed by atoms with Crippen LogP contribution >= 0.6 is 0 Å². The van der Waals surface area contributed by atoms with E-state index in [4.69, 9.17) is 4.74 Å². The van der Waals surface area contributed by atoms with E-state index in [-0.39, 0.29) is 6.03 Å². The number of carbonyl (C=O) groups excluding carboxylic acids is 1. The molecule has 0 spiro atoms. The molecule has 0 aliphatic carbocycles. The quantitative estimate of drug-likeness (QED) is 0.781. The van der Waals surface area contributed by atoms with Crippen LogP contribution in [0.3, 0.4) is 0 Å². The van der Waals surface area contributed by atoms with Crippen molar-refractivity contribution in [3.63, 3.8) is 0 Å². The third kappa shape index (κ3) is 4.44. The summed E-state index contributed by atoms with van der Waals surface area (Å²) < 4.78 is 5.34. The molecule has 1 aromatic carbocycles. The first-order valence-electron chi connectivity index (χ1n) is 6.68. The SMILES string of the molecule is CNC(=O)Nc1ccc(NCC2CCOCC2)cc1. The number of amides is 2. The van der Waals surface area contributed by atoms with Gasteiger partial charge in [0.25, 0.3) is 0 Å². The highest BCUT2D eigenvalue weighted by Gasteiger charge is 2.13. The Hall–Kier alpha value is -1.75. The van der Waals surface area contributed by atoms with Crippen molar-refractivity contribution >= 4 is 17.4 Å². The minimum absolute atomic E-state index is 0.206. The average Bonchev–Trinajstić information content (AvgIpc) is 2.47. The maximum atomic E-state index is 11.1. The lowest BCUT2D eigenvalue weighted by atomic mass is 10.0. The van der Waals surface area contributed by atoms with Crippen molar-refractivity contribution in [3.8, 4) is 0 Å². The van der Waals surface area contributed by atoms with Crippen LogP contribution in [0.4, 0.5) is 16.2 Å². The van der Waals surface area contributed by atoms with E-state index in [1.807, 2.05) is 24.3 Å². The summed E-state index contributed by atoms with van der Waals surface area (Å²) in [7, 11) is 1.60. The molecular weight excluding hydrogens is 242 g/mol. The van der Waals surface area contributed by atoms with Gasteiger partial charge in [0.2, 0.25) is 0 Å². The van der Waals surface area contributed by atoms with Gasteiger partial charge in [-0.2, -0.15) is 0 Å². The van der Waals surface area contributed by atoms with Gasteiger partial charge in [0.1, 0.15) is 0 Å². The van der Waals surface area contributed by atoms with E-state index in [0.717, 1.165) is 44.0 Å². The number of hydrogen-bond acceptors (Lipinski definition) is 3. The van der Waals surface area contributed by atoms with E-state index in [0.29, 0.717) is 5.92 Å². The highest BCUT2D eigenvalue weighted by molar-refractivity contribution is 5.89. The van der Waals surface area contributed by atoms with Crippen LogP contribution in [0.2, 0.25) is 0 Å². The molecule has 0 radical (unpaired) electrons. The number of rotatable bonds is 4. The fourth-order valence-corrected chi connectivity index (χ4v) is 2.08. The number of anilines is 2. The zero-order valence-corrected chi connectivity index (χ0v) is 11.2. The number of benzene rings is 1. The van der Waals surface area contributed by atoms with Crippen molar-refractivity contribution in [2.45, 2.75) is 12.8 Å². The van der Waals surface area contributed by atoms with Crippen LogP contribution in [0.25, 0.3) is 0 Å². The number of ether oxygens (including phenoxy) is 1. The van der Waals surface area contributed by atoms with Crippen molar-refractivity contribution in [2.75, 3.05) is 37.4 Å². The van der Waals surface area contributed by atoms with Crippen LogP contribution in [-0.4, -0.2) is 32.8 Å². The van der Waals surface area contributed by atoms with Gasteiger partial charge < -0.3 is 20.7 Å². The van der Waals surface area contributed by atoms with Crippen molar-refractivity contribution in [1.29, 1.82) is 0 Å². The Bertz CT molecular complexity index is 400. The predicted molar refractivity (Wildman–Crippen MR) is 76.6 cm³/mol. The van der Waals surface area contributed by atoms with Gasteiger partial charge in [0.15, 0.2) is 0 Å². The Labute approximate surface area is 113 Å². The van der Waals surface area contributed by atoms with Gasteiger partial charge in [-0.3, -0.25) is 0 Å². The Balaban J connectivity index is 1.79. The van der Waals surface area contributed by atoms with Gasteiger partial charge in [0.05, 0.1) is 0 Å². The topological polar surface area (TPSA) is 62.4 Å². The molecule has 104 valence electrons. The molecule has 1 aliphatic rings. The monoisotopic (exact) mass is 263 g/mol. The Morgan fingerprint density at radius 3 is 2.47 bits per heavy atom. The van der Waals surface area contributed by atoms with Crippen molar-refractivity contribution in [1.82, 2.24) is 5.32 Å². The highest BCUT2D eigenvalue weighted by Crippen LogP contribution is 2.17. The molecule has 1 heterocycles. The normalized spacial score (nSPS) is 15.8. The van der Waals surface area contributed by atoms with Crippen LogP contribution < -0.4 is 16.0 Å². The zero-order chi connectivity index (χ0) is 13.5. The second-order valence-electron chi connectivity index (χ2n) is 4.72. The van der Waals surface area contributed by atoms with E-state index in [9.17, 15) is 4.79 Å². The summed E-state index contributed by atoms with van der Waals surface area (Å²) in [4.78, 5) is 11.1. The Morgan fingerprint density at radius 2 is 1.84 bits per heavy atom. The van der Waals surface area contributed by atoms with E-state index in [2.05, 4.69) is 16.0 Å². The predicted octanol–water partition coefficient (Wildman–Crippen LogP) is 2.28. The summed E-state index contributed by atoms with van der Waals surface area (Å²) in [6.07, 6.45) is 2.26.